The highest BCUT2D eigenvalue weighted by atomic mass is 36.0. The Morgan fingerprint density at radius 3 is 1.50 bits per heavy atom. The highest BCUT2D eigenvalue weighted by Gasteiger charge is 1.79. The largest absolute Gasteiger partial charge is 0.268 e. The van der Waals surface area contributed by atoms with Gasteiger partial charge in [0.2, 0.25) is 0 Å². The first-order valence-corrected chi connectivity index (χ1v) is 3.59. The van der Waals surface area contributed by atoms with Crippen molar-refractivity contribution >= 4 is 30.6 Å². The predicted octanol–water partition coefficient (Wildman–Crippen LogP) is 0.990. The highest BCUT2D eigenvalue weighted by molar-refractivity contribution is 8.26. The van der Waals surface area contributed by atoms with E-state index >= 15 is 0 Å². The van der Waals surface area contributed by atoms with Crippen molar-refractivity contribution in [3.05, 3.63) is 0 Å². The second-order valence-electron chi connectivity index (χ2n) is 0.202. The van der Waals surface area contributed by atoms with E-state index in [1.807, 2.05) is 0 Å². The second-order valence-corrected chi connectivity index (χ2v) is 2.97. The third-order valence-electron chi connectivity index (χ3n) is 0. The first-order valence-electron chi connectivity index (χ1n) is 0.521. The van der Waals surface area contributed by atoms with Crippen LogP contribution < -0.4 is 0 Å². The van der Waals surface area contributed by atoms with Gasteiger partial charge in [0.25, 0.3) is 9.23 Å². The van der Waals surface area contributed by atoms with Gasteiger partial charge in [0.15, 0.2) is 21.4 Å². The Morgan fingerprint density at radius 2 is 1.50 bits per heavy atom. The third-order valence-corrected chi connectivity index (χ3v) is 0. The van der Waals surface area contributed by atoms with E-state index in [2.05, 4.69) is 21.4 Å². The fourth-order valence-electron chi connectivity index (χ4n) is 0. The van der Waals surface area contributed by atoms with E-state index in [1.54, 1.807) is 0 Å². The van der Waals surface area contributed by atoms with Gasteiger partial charge in [-0.25, -0.2) is 0 Å². The zero-order valence-corrected chi connectivity index (χ0v) is 4.02. The minimum atomic E-state index is -1.93. The molecule has 0 aliphatic carbocycles. The average molecular weight is 120 g/mol. The van der Waals surface area contributed by atoms with E-state index in [9.17, 15) is 0 Å². The predicted molar refractivity (Wildman–Crippen MR) is 21.2 cm³/mol. The molecule has 0 heterocycles. The van der Waals surface area contributed by atoms with Gasteiger partial charge in [0.05, 0.1) is 0 Å². The van der Waals surface area contributed by atoms with Crippen LogP contribution in [0.4, 0.5) is 0 Å². The molecule has 0 unspecified atom stereocenters. The third kappa shape index (κ3) is 15.3. The number of rotatable bonds is 0. The van der Waals surface area contributed by atoms with Crippen LogP contribution >= 0.6 is 21.4 Å². The molecule has 0 aliphatic heterocycles. The maximum Gasteiger partial charge on any atom is 0.268 e. The molecule has 4 heavy (non-hydrogen) atoms. The lowest BCUT2D eigenvalue weighted by Crippen LogP contribution is -1.37. The van der Waals surface area contributed by atoms with Crippen molar-refractivity contribution in [3.8, 4) is 0 Å². The minimum Gasteiger partial charge on any atom is -0.0661 e. The summed E-state index contributed by atoms with van der Waals surface area (Å²) in [5.41, 5.74) is 0. The van der Waals surface area contributed by atoms with Crippen LogP contribution in [0.3, 0.4) is 0 Å². The lowest BCUT2D eigenvalue weighted by Gasteiger charge is -1.38. The van der Waals surface area contributed by atoms with Crippen molar-refractivity contribution in [2.45, 2.75) is 0 Å². The molecular formula is HCl2OS+. The van der Waals surface area contributed by atoms with E-state index < -0.39 is 9.23 Å². The first kappa shape index (κ1) is 4.73. The van der Waals surface area contributed by atoms with E-state index in [0.29, 0.717) is 0 Å². The monoisotopic (exact) mass is 119 g/mol. The zero-order valence-electron chi connectivity index (χ0n) is 1.61. The van der Waals surface area contributed by atoms with Gasteiger partial charge >= 0.3 is 0 Å². The quantitative estimate of drug-likeness (QED) is 0.264. The van der Waals surface area contributed by atoms with Crippen LogP contribution in [0, 0.1) is 0 Å². The van der Waals surface area contributed by atoms with Crippen LogP contribution in [-0.4, -0.2) is 0 Å². The van der Waals surface area contributed by atoms with Gasteiger partial charge in [-0.05, 0) is 0 Å². The number of hydrogen-bond donors (Lipinski definition) is 0. The molecule has 0 saturated carbocycles. The van der Waals surface area contributed by atoms with E-state index in [-0.39, 0.29) is 0 Å². The van der Waals surface area contributed by atoms with Gasteiger partial charge in [-0.3, -0.25) is 0 Å². The molecule has 0 aliphatic rings. The Kier molecular flexibility index (Phi) is 2.36. The summed E-state index contributed by atoms with van der Waals surface area (Å²) in [7, 11) is 7.17. The van der Waals surface area contributed by atoms with Gasteiger partial charge in [0.1, 0.15) is 0 Å². The maximum atomic E-state index is 9.12. The van der Waals surface area contributed by atoms with Crippen LogP contribution in [-0.2, 0) is 13.4 Å². The molecule has 0 radical (unpaired) electrons. The summed E-state index contributed by atoms with van der Waals surface area (Å²) in [6.45, 7) is 0. The summed E-state index contributed by atoms with van der Waals surface area (Å²) >= 11 is 0. The molecule has 1 nitrogen and oxygen atoms in total. The SMILES string of the molecule is O=[SH+](Cl)Cl. The Morgan fingerprint density at radius 1 is 1.50 bits per heavy atom. The van der Waals surface area contributed by atoms with Crippen molar-refractivity contribution < 1.29 is 4.21 Å². The van der Waals surface area contributed by atoms with Crippen LogP contribution in [0.5, 0.6) is 0 Å². The van der Waals surface area contributed by atoms with E-state index in [1.165, 1.54) is 0 Å². The molecule has 0 N–H and O–H groups in total. The topological polar surface area (TPSA) is 17.1 Å². The summed E-state index contributed by atoms with van der Waals surface area (Å²) in [6, 6.07) is 0. The smallest absolute Gasteiger partial charge is 0.0661 e. The standard InChI is InChI=1S/Cl2OS/c1-4(2)3/p+1. The van der Waals surface area contributed by atoms with Crippen LogP contribution in [0.15, 0.2) is 0 Å². The molecule has 0 rings (SSSR count). The first-order chi connectivity index (χ1) is 1.73. The Labute approximate surface area is 35.4 Å². The fraction of sp³-hybridized carbons (Fsp3) is 0. The molecule has 0 aromatic rings. The molecule has 0 spiro atoms. The molecule has 0 aromatic carbocycles. The molecule has 0 atom stereocenters. The Balaban J connectivity index is 2.80. The van der Waals surface area contributed by atoms with Crippen molar-refractivity contribution in [3.63, 3.8) is 0 Å². The molecule has 4 heteroatoms. The molecule has 26 valence electrons. The molecule has 0 amide bonds. The summed E-state index contributed by atoms with van der Waals surface area (Å²) in [5, 5.41) is 0. The highest BCUT2D eigenvalue weighted by Crippen LogP contribution is 1.90. The van der Waals surface area contributed by atoms with Gasteiger partial charge in [0, 0.05) is 0 Å². The van der Waals surface area contributed by atoms with Crippen LogP contribution in [0.2, 0.25) is 0 Å². The lowest BCUT2D eigenvalue weighted by atomic mass is 16.0. The summed E-state index contributed by atoms with van der Waals surface area (Å²) in [5.74, 6) is 0. The molecule has 0 aromatic heterocycles. The van der Waals surface area contributed by atoms with Gasteiger partial charge in [-0.1, -0.05) is 4.21 Å². The average Bonchev–Trinajstić information content (AvgIpc) is 0.811. The Bertz CT molecular complexity index is 29.0. The molecule has 0 fully saturated rings. The summed E-state index contributed by atoms with van der Waals surface area (Å²) in [6.07, 6.45) is 0. The normalized spacial score (nSPS) is 8.75. The molecular weight excluding hydrogens is 119 g/mol. The van der Waals surface area contributed by atoms with Crippen LogP contribution in [0.1, 0.15) is 0 Å². The number of thiol groups is 1. The molecule has 0 bridgehead atoms. The van der Waals surface area contributed by atoms with Crippen molar-refractivity contribution in [1.29, 1.82) is 0 Å². The van der Waals surface area contributed by atoms with Crippen LogP contribution in [0.25, 0.3) is 0 Å². The van der Waals surface area contributed by atoms with Crippen molar-refractivity contribution in [1.82, 2.24) is 0 Å². The minimum absolute atomic E-state index is 1.93. The van der Waals surface area contributed by atoms with Crippen molar-refractivity contribution in [2.75, 3.05) is 0 Å². The number of halogens is 2. The lowest BCUT2D eigenvalue weighted by molar-refractivity contribution is 0.608. The van der Waals surface area contributed by atoms with Crippen molar-refractivity contribution in [2.24, 2.45) is 0 Å². The van der Waals surface area contributed by atoms with Gasteiger partial charge in [-0.15, -0.1) is 0 Å². The number of hydrogen-bond acceptors (Lipinski definition) is 1. The summed E-state index contributed by atoms with van der Waals surface area (Å²) in [4.78, 5) is 0. The fourth-order valence-corrected chi connectivity index (χ4v) is 0. The molecule has 0 saturated heterocycles. The second kappa shape index (κ2) is 2.00. The van der Waals surface area contributed by atoms with E-state index in [4.69, 9.17) is 4.21 Å². The van der Waals surface area contributed by atoms with E-state index in [0.717, 1.165) is 0 Å². The summed E-state index contributed by atoms with van der Waals surface area (Å²) < 4.78 is 9.12. The zero-order chi connectivity index (χ0) is 3.58. The maximum absolute atomic E-state index is 9.12. The van der Waals surface area contributed by atoms with Gasteiger partial charge in [-0.2, -0.15) is 0 Å². The van der Waals surface area contributed by atoms with Gasteiger partial charge < -0.3 is 0 Å². The Hall–Kier alpha value is 0.730.